The van der Waals surface area contributed by atoms with E-state index in [0.717, 1.165) is 35.9 Å². The summed E-state index contributed by atoms with van der Waals surface area (Å²) in [6, 6.07) is 19.4. The van der Waals surface area contributed by atoms with Gasteiger partial charge in [-0.15, -0.1) is 0 Å². The third kappa shape index (κ3) is 4.15. The molecule has 9 nitrogen and oxygen atoms in total. The molecular formula is C27H25N7O2. The molecule has 4 heterocycles. The highest BCUT2D eigenvalue weighted by Crippen LogP contribution is 2.30. The number of rotatable bonds is 6. The van der Waals surface area contributed by atoms with E-state index in [1.165, 1.54) is 11.1 Å². The van der Waals surface area contributed by atoms with E-state index in [4.69, 9.17) is 9.72 Å². The maximum atomic E-state index is 13.1. The number of nitrogens with one attached hydrogen (secondary N) is 2. The SMILES string of the molecule is CC(C)Oc1ccc(NC(=O)c2cc3nc(N4Cc5ccccc5C4)cc(-c4cn[nH]c4)n3n2)cc1. The minimum absolute atomic E-state index is 0.0833. The predicted molar refractivity (Wildman–Crippen MR) is 137 cm³/mol. The van der Waals surface area contributed by atoms with Gasteiger partial charge in [0.2, 0.25) is 0 Å². The molecule has 1 amide bonds. The molecule has 0 atom stereocenters. The van der Waals surface area contributed by atoms with Gasteiger partial charge in [0.15, 0.2) is 11.3 Å². The Morgan fingerprint density at radius 2 is 1.81 bits per heavy atom. The second kappa shape index (κ2) is 8.84. The first-order chi connectivity index (χ1) is 17.5. The van der Waals surface area contributed by atoms with Crippen LogP contribution in [0.15, 0.2) is 73.1 Å². The maximum absolute atomic E-state index is 13.1. The van der Waals surface area contributed by atoms with Crippen molar-refractivity contribution in [1.29, 1.82) is 0 Å². The first-order valence-electron chi connectivity index (χ1n) is 11.8. The number of carbonyl (C=O) groups excluding carboxylic acids is 1. The fraction of sp³-hybridized carbons (Fsp3) is 0.185. The highest BCUT2D eigenvalue weighted by atomic mass is 16.5. The molecule has 1 aliphatic heterocycles. The van der Waals surface area contributed by atoms with Gasteiger partial charge in [0, 0.05) is 42.7 Å². The summed E-state index contributed by atoms with van der Waals surface area (Å²) < 4.78 is 7.36. The van der Waals surface area contributed by atoms with Crippen molar-refractivity contribution in [1.82, 2.24) is 24.8 Å². The van der Waals surface area contributed by atoms with Crippen molar-refractivity contribution >= 4 is 23.1 Å². The summed E-state index contributed by atoms with van der Waals surface area (Å²) >= 11 is 0. The summed E-state index contributed by atoms with van der Waals surface area (Å²) in [6.07, 6.45) is 3.62. The molecule has 0 aliphatic carbocycles. The Morgan fingerprint density at radius 1 is 1.06 bits per heavy atom. The van der Waals surface area contributed by atoms with Crippen molar-refractivity contribution in [3.8, 4) is 17.0 Å². The molecule has 0 bridgehead atoms. The van der Waals surface area contributed by atoms with Crippen molar-refractivity contribution in [2.75, 3.05) is 10.2 Å². The van der Waals surface area contributed by atoms with E-state index in [9.17, 15) is 4.79 Å². The number of nitrogens with zero attached hydrogens (tertiary/aromatic N) is 5. The van der Waals surface area contributed by atoms with Gasteiger partial charge >= 0.3 is 0 Å². The standard InChI is InChI=1S/C27H25N7O2/c1-17(2)36-22-9-7-21(8-10-22)30-27(35)23-11-26-31-25(33-15-18-5-3-4-6-19(18)16-33)12-24(34(26)32-23)20-13-28-29-14-20/h3-14,17H,15-16H2,1-2H3,(H,28,29)(H,30,35). The van der Waals surface area contributed by atoms with Gasteiger partial charge < -0.3 is 15.0 Å². The zero-order valence-corrected chi connectivity index (χ0v) is 20.0. The quantitative estimate of drug-likeness (QED) is 0.367. The molecule has 36 heavy (non-hydrogen) atoms. The first-order valence-corrected chi connectivity index (χ1v) is 11.8. The van der Waals surface area contributed by atoms with Gasteiger partial charge in [0.05, 0.1) is 18.0 Å². The third-order valence-electron chi connectivity index (χ3n) is 6.09. The molecule has 9 heteroatoms. The van der Waals surface area contributed by atoms with Crippen molar-refractivity contribution in [3.05, 3.63) is 89.9 Å². The number of ether oxygens (including phenoxy) is 1. The summed E-state index contributed by atoms with van der Waals surface area (Å²) in [6.45, 7) is 5.50. The molecule has 2 N–H and O–H groups in total. The van der Waals surface area contributed by atoms with Gasteiger partial charge in [-0.3, -0.25) is 9.89 Å². The van der Waals surface area contributed by atoms with Crippen LogP contribution in [-0.2, 0) is 13.1 Å². The molecule has 0 radical (unpaired) electrons. The maximum Gasteiger partial charge on any atom is 0.276 e. The monoisotopic (exact) mass is 479 g/mol. The van der Waals surface area contributed by atoms with E-state index < -0.39 is 0 Å². The van der Waals surface area contributed by atoms with Crippen LogP contribution in [0.3, 0.4) is 0 Å². The van der Waals surface area contributed by atoms with Crippen molar-refractivity contribution < 1.29 is 9.53 Å². The molecule has 180 valence electrons. The lowest BCUT2D eigenvalue weighted by molar-refractivity contribution is 0.102. The second-order valence-corrected chi connectivity index (χ2v) is 9.06. The number of fused-ring (bicyclic) bond motifs is 2. The second-order valence-electron chi connectivity index (χ2n) is 9.06. The summed E-state index contributed by atoms with van der Waals surface area (Å²) in [5, 5.41) is 14.5. The van der Waals surface area contributed by atoms with Gasteiger partial charge in [-0.05, 0) is 49.2 Å². The Balaban J connectivity index is 1.32. The van der Waals surface area contributed by atoms with Gasteiger partial charge in [0.1, 0.15) is 11.6 Å². The van der Waals surface area contributed by atoms with Gasteiger partial charge in [0.25, 0.3) is 5.91 Å². The molecule has 0 saturated heterocycles. The Kier molecular flexibility index (Phi) is 5.37. The van der Waals surface area contributed by atoms with Crippen LogP contribution in [0.25, 0.3) is 16.9 Å². The molecule has 3 aromatic heterocycles. The lowest BCUT2D eigenvalue weighted by atomic mass is 10.1. The van der Waals surface area contributed by atoms with Crippen LogP contribution in [0.4, 0.5) is 11.5 Å². The zero-order valence-electron chi connectivity index (χ0n) is 20.0. The first kappa shape index (κ1) is 21.8. The normalized spacial score (nSPS) is 12.8. The number of H-pyrrole nitrogens is 1. The topological polar surface area (TPSA) is 100 Å². The Morgan fingerprint density at radius 3 is 2.47 bits per heavy atom. The summed E-state index contributed by atoms with van der Waals surface area (Å²) in [5.74, 6) is 1.26. The largest absolute Gasteiger partial charge is 0.491 e. The van der Waals surface area contributed by atoms with Crippen LogP contribution in [0.5, 0.6) is 5.75 Å². The van der Waals surface area contributed by atoms with Crippen LogP contribution < -0.4 is 15.0 Å². The van der Waals surface area contributed by atoms with Gasteiger partial charge in [-0.2, -0.15) is 10.2 Å². The lowest BCUT2D eigenvalue weighted by Gasteiger charge is -2.17. The average Bonchev–Trinajstić information content (AvgIpc) is 3.63. The van der Waals surface area contributed by atoms with E-state index in [1.54, 1.807) is 23.0 Å². The number of hydrogen-bond donors (Lipinski definition) is 2. The number of aromatic amines is 1. The van der Waals surface area contributed by atoms with Gasteiger partial charge in [-0.1, -0.05) is 24.3 Å². The van der Waals surface area contributed by atoms with Crippen LogP contribution in [0, 0.1) is 0 Å². The number of amides is 1. The molecule has 1 aliphatic rings. The predicted octanol–water partition coefficient (Wildman–Crippen LogP) is 4.68. The minimum atomic E-state index is -0.314. The molecule has 0 fully saturated rings. The number of aromatic nitrogens is 5. The number of carbonyl (C=O) groups is 1. The van der Waals surface area contributed by atoms with Crippen molar-refractivity contribution in [2.24, 2.45) is 0 Å². The third-order valence-corrected chi connectivity index (χ3v) is 6.09. The van der Waals surface area contributed by atoms with Crippen LogP contribution >= 0.6 is 0 Å². The van der Waals surface area contributed by atoms with Crippen molar-refractivity contribution in [2.45, 2.75) is 33.0 Å². The van der Waals surface area contributed by atoms with E-state index in [2.05, 4.69) is 49.8 Å². The average molecular weight is 480 g/mol. The minimum Gasteiger partial charge on any atom is -0.491 e. The smallest absolute Gasteiger partial charge is 0.276 e. The molecule has 5 aromatic rings. The number of hydrogen-bond acceptors (Lipinski definition) is 6. The van der Waals surface area contributed by atoms with Crippen LogP contribution in [-0.4, -0.2) is 36.8 Å². The lowest BCUT2D eigenvalue weighted by Crippen LogP contribution is -2.17. The molecular weight excluding hydrogens is 454 g/mol. The Bertz CT molecular complexity index is 1510. The summed E-state index contributed by atoms with van der Waals surface area (Å²) in [7, 11) is 0. The van der Waals surface area contributed by atoms with E-state index in [-0.39, 0.29) is 17.7 Å². The zero-order chi connectivity index (χ0) is 24.6. The molecule has 2 aromatic carbocycles. The molecule has 0 spiro atoms. The van der Waals surface area contributed by atoms with Gasteiger partial charge in [-0.25, -0.2) is 9.50 Å². The van der Waals surface area contributed by atoms with E-state index in [1.807, 2.05) is 44.2 Å². The van der Waals surface area contributed by atoms with Crippen LogP contribution in [0.1, 0.15) is 35.5 Å². The van der Waals surface area contributed by atoms with Crippen LogP contribution in [0.2, 0.25) is 0 Å². The van der Waals surface area contributed by atoms with Crippen molar-refractivity contribution in [3.63, 3.8) is 0 Å². The summed E-state index contributed by atoms with van der Waals surface area (Å²) in [4.78, 5) is 20.1. The molecule has 0 unspecified atom stereocenters. The summed E-state index contributed by atoms with van der Waals surface area (Å²) in [5.41, 5.74) is 5.77. The van der Waals surface area contributed by atoms with E-state index in [0.29, 0.717) is 11.3 Å². The Hall–Kier alpha value is -4.66. The fourth-order valence-electron chi connectivity index (χ4n) is 4.41. The van der Waals surface area contributed by atoms with E-state index >= 15 is 0 Å². The number of benzene rings is 2. The molecule has 6 rings (SSSR count). The molecule has 0 saturated carbocycles. The highest BCUT2D eigenvalue weighted by Gasteiger charge is 2.23. The number of anilines is 2. The fourth-order valence-corrected chi connectivity index (χ4v) is 4.41. The highest BCUT2D eigenvalue weighted by molar-refractivity contribution is 6.03. The Labute approximate surface area is 207 Å².